The van der Waals surface area contributed by atoms with Crippen LogP contribution in [-0.2, 0) is 4.74 Å². The summed E-state index contributed by atoms with van der Waals surface area (Å²) in [7, 11) is 0. The average Bonchev–Trinajstić information content (AvgIpc) is 3.47. The number of hydrogen-bond acceptors (Lipinski definition) is 5. The summed E-state index contributed by atoms with van der Waals surface area (Å²) in [6.45, 7) is 8.92. The molecule has 0 spiro atoms. The number of piperazine rings is 1. The number of rotatable bonds is 4. The lowest BCUT2D eigenvalue weighted by atomic mass is 9.81. The first-order chi connectivity index (χ1) is 14.8. The van der Waals surface area contributed by atoms with E-state index in [1.54, 1.807) is 0 Å². The van der Waals surface area contributed by atoms with E-state index in [1.807, 2.05) is 25.7 Å². The fraction of sp³-hybridized carbons (Fsp3) is 0.667. The second kappa shape index (κ2) is 7.69. The van der Waals surface area contributed by atoms with Crippen molar-refractivity contribution in [1.29, 1.82) is 0 Å². The Kier molecular flexibility index (Phi) is 5.12. The number of benzene rings is 1. The smallest absolute Gasteiger partial charge is 0.410 e. The Hall–Kier alpha value is -2.28. The van der Waals surface area contributed by atoms with Crippen LogP contribution in [0.1, 0.15) is 64.1 Å². The molecule has 1 aromatic heterocycles. The predicted octanol–water partition coefficient (Wildman–Crippen LogP) is 3.91. The highest BCUT2D eigenvalue weighted by Crippen LogP contribution is 2.47. The van der Waals surface area contributed by atoms with E-state index in [-0.39, 0.29) is 12.7 Å². The number of carbonyl (C=O) groups excluding carboxylic acids is 1. The van der Waals surface area contributed by atoms with Crippen LogP contribution in [0.15, 0.2) is 18.2 Å². The summed E-state index contributed by atoms with van der Waals surface area (Å²) in [4.78, 5) is 16.7. The maximum Gasteiger partial charge on any atom is 0.410 e. The van der Waals surface area contributed by atoms with Crippen molar-refractivity contribution in [2.24, 2.45) is 5.92 Å². The molecule has 3 fully saturated rings. The van der Waals surface area contributed by atoms with Crippen molar-refractivity contribution in [1.82, 2.24) is 14.7 Å². The number of hydrogen-bond donors (Lipinski definition) is 1. The van der Waals surface area contributed by atoms with E-state index in [4.69, 9.17) is 9.84 Å². The molecule has 3 aliphatic rings. The molecule has 1 aliphatic heterocycles. The Morgan fingerprint density at radius 1 is 1.16 bits per heavy atom. The molecule has 1 amide bonds. The van der Waals surface area contributed by atoms with E-state index < -0.39 is 5.60 Å². The lowest BCUT2D eigenvalue weighted by molar-refractivity contribution is 0.0240. The molecule has 2 heterocycles. The second-order valence-corrected chi connectivity index (χ2v) is 10.4. The zero-order valence-corrected chi connectivity index (χ0v) is 18.9. The van der Waals surface area contributed by atoms with Crippen LogP contribution < -0.4 is 4.90 Å². The number of fused-ring (bicyclic) bond motifs is 1. The zero-order valence-electron chi connectivity index (χ0n) is 18.9. The van der Waals surface area contributed by atoms with Crippen LogP contribution in [0.3, 0.4) is 0 Å². The van der Waals surface area contributed by atoms with Crippen LogP contribution in [0, 0.1) is 5.92 Å². The van der Waals surface area contributed by atoms with E-state index in [0.717, 1.165) is 25.9 Å². The van der Waals surface area contributed by atoms with Crippen LogP contribution in [0.5, 0.6) is 0 Å². The molecule has 7 heteroatoms. The molecular weight excluding hydrogens is 392 g/mol. The van der Waals surface area contributed by atoms with Gasteiger partial charge in [0.2, 0.25) is 0 Å². The molecular formula is C24H34N4O3. The second-order valence-electron chi connectivity index (χ2n) is 10.4. The molecule has 1 saturated heterocycles. The summed E-state index contributed by atoms with van der Waals surface area (Å²) in [5.74, 6) is 0.986. The molecule has 2 aromatic rings. The van der Waals surface area contributed by atoms with E-state index in [0.29, 0.717) is 31.0 Å². The van der Waals surface area contributed by atoms with E-state index in [2.05, 4.69) is 27.8 Å². The zero-order chi connectivity index (χ0) is 21.8. The molecule has 1 aromatic carbocycles. The summed E-state index contributed by atoms with van der Waals surface area (Å²) in [5, 5.41) is 15.8. The maximum absolute atomic E-state index is 12.4. The average molecular weight is 427 g/mol. The first kappa shape index (κ1) is 20.6. The minimum atomic E-state index is -0.468. The lowest BCUT2D eigenvalue weighted by Crippen LogP contribution is -2.50. The van der Waals surface area contributed by atoms with Gasteiger partial charge in [0.25, 0.3) is 0 Å². The Morgan fingerprint density at radius 3 is 2.48 bits per heavy atom. The van der Waals surface area contributed by atoms with E-state index in [9.17, 15) is 9.90 Å². The number of carbonyl (C=O) groups is 1. The van der Waals surface area contributed by atoms with Crippen molar-refractivity contribution in [2.45, 2.75) is 64.0 Å². The van der Waals surface area contributed by atoms with Gasteiger partial charge in [0.15, 0.2) is 0 Å². The van der Waals surface area contributed by atoms with Crippen molar-refractivity contribution in [3.05, 3.63) is 23.9 Å². The van der Waals surface area contributed by atoms with Crippen molar-refractivity contribution in [2.75, 3.05) is 37.7 Å². The maximum atomic E-state index is 12.4. The van der Waals surface area contributed by atoms with Gasteiger partial charge in [0.05, 0.1) is 17.3 Å². The van der Waals surface area contributed by atoms with Gasteiger partial charge >= 0.3 is 6.09 Å². The third kappa shape index (κ3) is 4.00. The Morgan fingerprint density at radius 2 is 1.87 bits per heavy atom. The molecule has 0 atom stereocenters. The predicted molar refractivity (Wildman–Crippen MR) is 121 cm³/mol. The molecule has 7 nitrogen and oxygen atoms in total. The number of anilines is 1. The van der Waals surface area contributed by atoms with Crippen LogP contribution in [-0.4, -0.2) is 64.3 Å². The quantitative estimate of drug-likeness (QED) is 0.803. The molecule has 2 saturated carbocycles. The van der Waals surface area contributed by atoms with Crippen molar-refractivity contribution in [3.8, 4) is 0 Å². The fourth-order valence-corrected chi connectivity index (χ4v) is 4.89. The summed E-state index contributed by atoms with van der Waals surface area (Å²) in [6.07, 6.45) is 4.24. The van der Waals surface area contributed by atoms with Crippen LogP contribution in [0.25, 0.3) is 10.9 Å². The van der Waals surface area contributed by atoms with Gasteiger partial charge in [-0.25, -0.2) is 4.79 Å². The standard InChI is InChI=1S/C24H34N4O3/c1-24(2,3)31-23(30)27-11-9-26(10-12-27)19-5-4-6-20-21(19)22(17-7-8-17)25-28(20)18-13-16(14-18)15-29/h4-6,16-18,29H,7-15H2,1-3H3/t16-,18-. The van der Waals surface area contributed by atoms with Gasteiger partial charge in [0.1, 0.15) is 5.60 Å². The first-order valence-corrected chi connectivity index (χ1v) is 11.7. The van der Waals surface area contributed by atoms with Crippen molar-refractivity contribution < 1.29 is 14.6 Å². The Labute approximate surface area is 183 Å². The number of aliphatic hydroxyl groups is 1. The molecule has 5 rings (SSSR count). The molecule has 1 N–H and O–H groups in total. The van der Waals surface area contributed by atoms with Gasteiger partial charge in [-0.1, -0.05) is 6.07 Å². The minimum Gasteiger partial charge on any atom is -0.444 e. The molecule has 2 aliphatic carbocycles. The highest BCUT2D eigenvalue weighted by Gasteiger charge is 2.36. The summed E-state index contributed by atoms with van der Waals surface area (Å²) >= 11 is 0. The van der Waals surface area contributed by atoms with Gasteiger partial charge in [-0.3, -0.25) is 4.68 Å². The van der Waals surface area contributed by atoms with E-state index >= 15 is 0 Å². The molecule has 0 radical (unpaired) electrons. The summed E-state index contributed by atoms with van der Waals surface area (Å²) in [6, 6.07) is 6.93. The molecule has 0 unspecified atom stereocenters. The summed E-state index contributed by atoms with van der Waals surface area (Å²) in [5.41, 5.74) is 3.24. The monoisotopic (exact) mass is 426 g/mol. The normalized spacial score (nSPS) is 24.4. The molecule has 168 valence electrons. The minimum absolute atomic E-state index is 0.222. The SMILES string of the molecule is CC(C)(C)OC(=O)N1CCN(c2cccc3c2c(C2CC2)nn3[C@H]2C[C@H](CO)C2)CC1. The van der Waals surface area contributed by atoms with Gasteiger partial charge in [-0.15, -0.1) is 0 Å². The number of amides is 1. The van der Waals surface area contributed by atoms with Crippen LogP contribution in [0.4, 0.5) is 10.5 Å². The lowest BCUT2D eigenvalue weighted by Gasteiger charge is -2.37. The number of ether oxygens (including phenoxy) is 1. The van der Waals surface area contributed by atoms with Crippen LogP contribution >= 0.6 is 0 Å². The number of aromatic nitrogens is 2. The first-order valence-electron chi connectivity index (χ1n) is 11.7. The van der Waals surface area contributed by atoms with Gasteiger partial charge in [-0.05, 0) is 64.5 Å². The van der Waals surface area contributed by atoms with Gasteiger partial charge < -0.3 is 19.6 Å². The molecule has 0 bridgehead atoms. The van der Waals surface area contributed by atoms with Crippen molar-refractivity contribution in [3.63, 3.8) is 0 Å². The van der Waals surface area contributed by atoms with Crippen LogP contribution in [0.2, 0.25) is 0 Å². The van der Waals surface area contributed by atoms with Gasteiger partial charge in [0, 0.05) is 49.8 Å². The van der Waals surface area contributed by atoms with Gasteiger partial charge in [-0.2, -0.15) is 5.10 Å². The highest BCUT2D eigenvalue weighted by molar-refractivity contribution is 5.95. The Balaban J connectivity index is 1.38. The third-order valence-corrected chi connectivity index (χ3v) is 6.79. The largest absolute Gasteiger partial charge is 0.444 e. The fourth-order valence-electron chi connectivity index (χ4n) is 4.89. The topological polar surface area (TPSA) is 70.8 Å². The number of nitrogens with zero attached hydrogens (tertiary/aromatic N) is 4. The van der Waals surface area contributed by atoms with Crippen molar-refractivity contribution >= 4 is 22.7 Å². The highest BCUT2D eigenvalue weighted by atomic mass is 16.6. The third-order valence-electron chi connectivity index (χ3n) is 6.79. The summed E-state index contributed by atoms with van der Waals surface area (Å²) < 4.78 is 7.78. The van der Waals surface area contributed by atoms with E-state index in [1.165, 1.54) is 35.1 Å². The Bertz CT molecular complexity index is 961. The number of aliphatic hydroxyl groups excluding tert-OH is 1. The molecule has 31 heavy (non-hydrogen) atoms.